The summed E-state index contributed by atoms with van der Waals surface area (Å²) in [6, 6.07) is -1.57. The summed E-state index contributed by atoms with van der Waals surface area (Å²) in [5.41, 5.74) is -0.587. The van der Waals surface area contributed by atoms with Gasteiger partial charge in [-0.15, -0.1) is 0 Å². The molecule has 2 amide bonds. The van der Waals surface area contributed by atoms with Gasteiger partial charge in [-0.1, -0.05) is 0 Å². The van der Waals surface area contributed by atoms with E-state index in [1.807, 2.05) is 5.32 Å². The van der Waals surface area contributed by atoms with Crippen molar-refractivity contribution in [2.45, 2.75) is 39.3 Å². The highest BCUT2D eigenvalue weighted by atomic mass is 32.2. The molecule has 0 aliphatic heterocycles. The van der Waals surface area contributed by atoms with Crippen LogP contribution in [0.5, 0.6) is 0 Å². The van der Waals surface area contributed by atoms with Gasteiger partial charge in [0.1, 0.15) is 11.8 Å². The predicted molar refractivity (Wildman–Crippen MR) is 71.8 cm³/mol. The monoisotopic (exact) mass is 308 g/mol. The largest absolute Gasteiger partial charge is 0.480 e. The Labute approximate surface area is 117 Å². The number of hydrogen-bond acceptors (Lipinski definition) is 5. The van der Waals surface area contributed by atoms with E-state index in [4.69, 9.17) is 5.11 Å². The maximum atomic E-state index is 11.7. The summed E-state index contributed by atoms with van der Waals surface area (Å²) in [5.74, 6) is -4.51. The molecule has 20 heavy (non-hydrogen) atoms. The molecular formula is C11H20N2O6S. The van der Waals surface area contributed by atoms with Gasteiger partial charge in [0.2, 0.25) is 11.8 Å². The van der Waals surface area contributed by atoms with Crippen molar-refractivity contribution in [3.63, 3.8) is 0 Å². The lowest BCUT2D eigenvalue weighted by Gasteiger charge is -2.20. The molecule has 1 atom stereocenters. The van der Waals surface area contributed by atoms with E-state index in [1.54, 1.807) is 20.8 Å². The summed E-state index contributed by atoms with van der Waals surface area (Å²) in [7, 11) is -3.95. The van der Waals surface area contributed by atoms with Gasteiger partial charge in [0, 0.05) is 12.5 Å². The molecule has 0 aliphatic rings. The van der Waals surface area contributed by atoms with Crippen LogP contribution in [0.15, 0.2) is 0 Å². The van der Waals surface area contributed by atoms with Gasteiger partial charge in [0.15, 0.2) is 9.84 Å². The van der Waals surface area contributed by atoms with Crippen LogP contribution in [0.2, 0.25) is 0 Å². The van der Waals surface area contributed by atoms with Gasteiger partial charge in [-0.2, -0.15) is 0 Å². The van der Waals surface area contributed by atoms with Crippen molar-refractivity contribution in [2.75, 3.05) is 11.5 Å². The topological polar surface area (TPSA) is 130 Å². The van der Waals surface area contributed by atoms with E-state index in [2.05, 4.69) is 5.32 Å². The Morgan fingerprint density at radius 1 is 1.20 bits per heavy atom. The first-order valence-electron chi connectivity index (χ1n) is 5.84. The molecule has 0 saturated carbocycles. The van der Waals surface area contributed by atoms with Gasteiger partial charge in [0.25, 0.3) is 0 Å². The number of amides is 2. The number of hydrogen-bond donors (Lipinski definition) is 3. The van der Waals surface area contributed by atoms with Crippen LogP contribution < -0.4 is 10.6 Å². The third kappa shape index (κ3) is 8.46. The highest BCUT2D eigenvalue weighted by molar-refractivity contribution is 7.92. The fraction of sp³-hybridized carbons (Fsp3) is 0.727. The van der Waals surface area contributed by atoms with Crippen LogP contribution in [0, 0.1) is 0 Å². The summed E-state index contributed by atoms with van der Waals surface area (Å²) in [4.78, 5) is 33.2. The van der Waals surface area contributed by atoms with Crippen LogP contribution in [-0.4, -0.2) is 54.4 Å². The minimum absolute atomic E-state index is 0.587. The van der Waals surface area contributed by atoms with Gasteiger partial charge < -0.3 is 15.7 Å². The third-order valence-electron chi connectivity index (χ3n) is 1.96. The number of carboxylic acids is 1. The van der Waals surface area contributed by atoms with E-state index in [0.717, 1.165) is 6.92 Å². The number of carbonyl (C=O) groups is 3. The van der Waals surface area contributed by atoms with E-state index in [9.17, 15) is 22.8 Å². The van der Waals surface area contributed by atoms with Crippen LogP contribution >= 0.6 is 0 Å². The van der Waals surface area contributed by atoms with Crippen molar-refractivity contribution in [3.05, 3.63) is 0 Å². The van der Waals surface area contributed by atoms with Crippen molar-refractivity contribution in [2.24, 2.45) is 0 Å². The van der Waals surface area contributed by atoms with Crippen LogP contribution in [0.1, 0.15) is 27.7 Å². The Morgan fingerprint density at radius 2 is 1.70 bits per heavy atom. The number of carbonyl (C=O) groups excluding carboxylic acids is 2. The molecule has 0 heterocycles. The Morgan fingerprint density at radius 3 is 2.05 bits per heavy atom. The first kappa shape index (κ1) is 18.4. The van der Waals surface area contributed by atoms with Gasteiger partial charge in [-0.05, 0) is 20.8 Å². The number of sulfone groups is 1. The lowest BCUT2D eigenvalue weighted by atomic mass is 10.1. The second kappa shape index (κ2) is 6.69. The highest BCUT2D eigenvalue weighted by Gasteiger charge is 2.28. The van der Waals surface area contributed by atoms with Crippen LogP contribution in [-0.2, 0) is 24.2 Å². The lowest BCUT2D eigenvalue weighted by Crippen LogP contribution is -2.47. The van der Waals surface area contributed by atoms with Crippen LogP contribution in [0.25, 0.3) is 0 Å². The molecule has 0 rings (SSSR count). The molecule has 0 bridgehead atoms. The summed E-state index contributed by atoms with van der Waals surface area (Å²) in [6.07, 6.45) is 0. The number of nitrogens with one attached hydrogen (secondary N) is 2. The van der Waals surface area contributed by atoms with Crippen molar-refractivity contribution in [3.8, 4) is 0 Å². The zero-order valence-corrected chi connectivity index (χ0v) is 12.7. The summed E-state index contributed by atoms with van der Waals surface area (Å²) in [6.45, 7) is 6.15. The Hall–Kier alpha value is -1.64. The first-order valence-corrected chi connectivity index (χ1v) is 7.66. The van der Waals surface area contributed by atoms with Crippen molar-refractivity contribution in [1.29, 1.82) is 0 Å². The van der Waals surface area contributed by atoms with Crippen molar-refractivity contribution >= 4 is 27.6 Å². The molecular weight excluding hydrogens is 288 g/mol. The lowest BCUT2D eigenvalue weighted by molar-refractivity contribution is -0.140. The van der Waals surface area contributed by atoms with E-state index in [0.29, 0.717) is 0 Å². The second-order valence-electron chi connectivity index (χ2n) is 5.44. The zero-order chi connectivity index (χ0) is 16.1. The SMILES string of the molecule is CC(=O)NC(CS(=O)(=O)CC(=O)NC(C)(C)C)C(=O)O. The average Bonchev–Trinajstić information content (AvgIpc) is 2.09. The Balaban J connectivity index is 4.76. The molecule has 9 heteroatoms. The van der Waals surface area contributed by atoms with Gasteiger partial charge in [-0.25, -0.2) is 13.2 Å². The fourth-order valence-corrected chi connectivity index (χ4v) is 2.71. The van der Waals surface area contributed by atoms with Gasteiger partial charge in [0.05, 0.1) is 5.75 Å². The summed E-state index contributed by atoms with van der Waals surface area (Å²) in [5, 5.41) is 13.3. The molecule has 3 N–H and O–H groups in total. The molecule has 0 spiro atoms. The van der Waals surface area contributed by atoms with Crippen molar-refractivity contribution in [1.82, 2.24) is 10.6 Å². The quantitative estimate of drug-likeness (QED) is 0.571. The zero-order valence-electron chi connectivity index (χ0n) is 11.9. The molecule has 0 aliphatic carbocycles. The van der Waals surface area contributed by atoms with Crippen molar-refractivity contribution < 1.29 is 27.9 Å². The van der Waals surface area contributed by atoms with Crippen LogP contribution in [0.3, 0.4) is 0 Å². The Kier molecular flexibility index (Phi) is 6.14. The predicted octanol–water partition coefficient (Wildman–Crippen LogP) is -1.09. The highest BCUT2D eigenvalue weighted by Crippen LogP contribution is 2.01. The van der Waals surface area contributed by atoms with E-state index < -0.39 is 50.7 Å². The average molecular weight is 308 g/mol. The smallest absolute Gasteiger partial charge is 0.327 e. The minimum atomic E-state index is -3.95. The third-order valence-corrected chi connectivity index (χ3v) is 3.50. The standard InChI is InChI=1S/C11H20N2O6S/c1-7(14)12-8(10(16)17)5-20(18,19)6-9(15)13-11(2,3)4/h8H,5-6H2,1-4H3,(H,12,14)(H,13,15)(H,16,17). The maximum Gasteiger partial charge on any atom is 0.327 e. The van der Waals surface area contributed by atoms with E-state index in [1.165, 1.54) is 0 Å². The number of aliphatic carboxylic acids is 1. The first-order chi connectivity index (χ1) is 8.82. The van der Waals surface area contributed by atoms with E-state index in [-0.39, 0.29) is 0 Å². The fourth-order valence-electron chi connectivity index (χ4n) is 1.39. The number of carboxylic acid groups (broad SMARTS) is 1. The van der Waals surface area contributed by atoms with Crippen LogP contribution in [0.4, 0.5) is 0 Å². The van der Waals surface area contributed by atoms with Gasteiger partial charge >= 0.3 is 5.97 Å². The molecule has 0 aromatic heterocycles. The normalized spacial score (nSPS) is 13.4. The maximum absolute atomic E-state index is 11.7. The molecule has 0 radical (unpaired) electrons. The molecule has 1 unspecified atom stereocenters. The summed E-state index contributed by atoms with van der Waals surface area (Å²) < 4.78 is 23.5. The number of rotatable bonds is 6. The van der Waals surface area contributed by atoms with E-state index >= 15 is 0 Å². The molecule has 0 aromatic carbocycles. The summed E-state index contributed by atoms with van der Waals surface area (Å²) >= 11 is 0. The molecule has 0 saturated heterocycles. The second-order valence-corrected chi connectivity index (χ2v) is 7.55. The molecule has 116 valence electrons. The Bertz CT molecular complexity index is 492. The molecule has 0 fully saturated rings. The van der Waals surface area contributed by atoms with Gasteiger partial charge in [-0.3, -0.25) is 9.59 Å². The minimum Gasteiger partial charge on any atom is -0.480 e. The molecule has 0 aromatic rings. The molecule has 8 nitrogen and oxygen atoms in total.